The first-order valence-corrected chi connectivity index (χ1v) is 6.51. The van der Waals surface area contributed by atoms with Crippen molar-refractivity contribution >= 4 is 17.5 Å². The van der Waals surface area contributed by atoms with Crippen LogP contribution in [-0.4, -0.2) is 16.8 Å². The molecule has 1 unspecified atom stereocenters. The number of nitrogens with zero attached hydrogens (tertiary/aromatic N) is 1. The molecule has 0 fully saturated rings. The van der Waals surface area contributed by atoms with Crippen LogP contribution in [0.1, 0.15) is 33.7 Å². The molecular weight excluding hydrogens is 264 g/mol. The molecule has 0 saturated carbocycles. The van der Waals surface area contributed by atoms with Crippen molar-refractivity contribution in [1.82, 2.24) is 10.3 Å². The molecule has 0 bridgehead atoms. The maximum atomic E-state index is 12.1. The lowest BCUT2D eigenvalue weighted by Gasteiger charge is -2.15. The third kappa shape index (κ3) is 3.15. The van der Waals surface area contributed by atoms with Crippen LogP contribution in [0.2, 0.25) is 0 Å². The molecule has 4 nitrogen and oxygen atoms in total. The van der Waals surface area contributed by atoms with Gasteiger partial charge in [-0.05, 0) is 12.5 Å². The lowest BCUT2D eigenvalue weighted by atomic mass is 10.1. The van der Waals surface area contributed by atoms with Gasteiger partial charge in [0.1, 0.15) is 0 Å². The molecule has 0 spiro atoms. The van der Waals surface area contributed by atoms with E-state index >= 15 is 0 Å². The number of carbonyl (C=O) groups excluding carboxylic acids is 1. The summed E-state index contributed by atoms with van der Waals surface area (Å²) in [7, 11) is 0. The zero-order valence-electron chi connectivity index (χ0n) is 10.8. The van der Waals surface area contributed by atoms with Crippen molar-refractivity contribution in [2.45, 2.75) is 19.9 Å². The van der Waals surface area contributed by atoms with E-state index in [0.717, 1.165) is 5.56 Å². The molecular formula is C14H15ClN2O2. The summed E-state index contributed by atoms with van der Waals surface area (Å²) in [5.41, 5.74) is 1.54. The first kappa shape index (κ1) is 13.6. The number of aryl methyl sites for hydroxylation is 2. The van der Waals surface area contributed by atoms with E-state index in [4.69, 9.17) is 16.0 Å². The molecule has 1 amide bonds. The minimum atomic E-state index is -0.299. The van der Waals surface area contributed by atoms with E-state index in [1.54, 1.807) is 13.8 Å². The van der Waals surface area contributed by atoms with Gasteiger partial charge in [0.05, 0.1) is 11.7 Å². The van der Waals surface area contributed by atoms with E-state index in [0.29, 0.717) is 17.5 Å². The number of hydrogen-bond acceptors (Lipinski definition) is 3. The molecule has 100 valence electrons. The number of aromatic nitrogens is 1. The fraction of sp³-hybridized carbons (Fsp3) is 0.286. The minimum absolute atomic E-state index is 0.239. The number of rotatable bonds is 4. The Morgan fingerprint density at radius 3 is 2.58 bits per heavy atom. The number of oxazole rings is 1. The summed E-state index contributed by atoms with van der Waals surface area (Å²) in [6.07, 6.45) is 0. The van der Waals surface area contributed by atoms with Crippen LogP contribution in [0.5, 0.6) is 0 Å². The fourth-order valence-corrected chi connectivity index (χ4v) is 2.12. The zero-order chi connectivity index (χ0) is 13.8. The van der Waals surface area contributed by atoms with Crippen LogP contribution in [-0.2, 0) is 0 Å². The maximum absolute atomic E-state index is 12.1. The van der Waals surface area contributed by atoms with E-state index < -0.39 is 0 Å². The second-order valence-corrected chi connectivity index (χ2v) is 4.55. The van der Waals surface area contributed by atoms with Gasteiger partial charge in [0, 0.05) is 12.8 Å². The maximum Gasteiger partial charge on any atom is 0.289 e. The molecule has 0 aliphatic carbocycles. The van der Waals surface area contributed by atoms with Crippen molar-refractivity contribution < 1.29 is 9.21 Å². The molecule has 0 aliphatic heterocycles. The molecule has 1 N–H and O–H groups in total. The van der Waals surface area contributed by atoms with Crippen molar-refractivity contribution in [3.05, 3.63) is 53.2 Å². The fourth-order valence-electron chi connectivity index (χ4n) is 1.86. The largest absolute Gasteiger partial charge is 0.436 e. The predicted molar refractivity (Wildman–Crippen MR) is 73.3 cm³/mol. The number of carbonyl (C=O) groups is 1. The highest BCUT2D eigenvalue weighted by molar-refractivity contribution is 6.18. The second kappa shape index (κ2) is 5.89. The van der Waals surface area contributed by atoms with Crippen LogP contribution in [0.25, 0.3) is 0 Å². The van der Waals surface area contributed by atoms with Gasteiger partial charge >= 0.3 is 0 Å². The average Bonchev–Trinajstić information content (AvgIpc) is 2.76. The topological polar surface area (TPSA) is 55.1 Å². The minimum Gasteiger partial charge on any atom is -0.436 e. The summed E-state index contributed by atoms with van der Waals surface area (Å²) in [6.45, 7) is 3.45. The first-order valence-electron chi connectivity index (χ1n) is 5.97. The van der Waals surface area contributed by atoms with E-state index in [2.05, 4.69) is 10.3 Å². The standard InChI is InChI=1S/C14H15ClN2O2/c1-9-13(19-10(2)16-9)14(18)17-12(8-15)11-6-4-3-5-7-11/h3-7,12H,8H2,1-2H3,(H,17,18). The summed E-state index contributed by atoms with van der Waals surface area (Å²) >= 11 is 5.92. The second-order valence-electron chi connectivity index (χ2n) is 4.24. The Morgan fingerprint density at radius 1 is 1.37 bits per heavy atom. The van der Waals surface area contributed by atoms with Crippen LogP contribution in [0, 0.1) is 13.8 Å². The van der Waals surface area contributed by atoms with Gasteiger partial charge in [-0.3, -0.25) is 4.79 Å². The molecule has 1 aromatic heterocycles. The lowest BCUT2D eigenvalue weighted by molar-refractivity contribution is 0.0910. The number of benzene rings is 1. The Bertz CT molecular complexity index is 566. The van der Waals surface area contributed by atoms with E-state index in [1.165, 1.54) is 0 Å². The van der Waals surface area contributed by atoms with Crippen LogP contribution in [0.3, 0.4) is 0 Å². The van der Waals surface area contributed by atoms with Crippen LogP contribution >= 0.6 is 11.6 Å². The van der Waals surface area contributed by atoms with Gasteiger partial charge in [-0.25, -0.2) is 4.98 Å². The molecule has 0 saturated heterocycles. The van der Waals surface area contributed by atoms with Crippen LogP contribution in [0.4, 0.5) is 0 Å². The highest BCUT2D eigenvalue weighted by atomic mass is 35.5. The van der Waals surface area contributed by atoms with Crippen molar-refractivity contribution in [3.63, 3.8) is 0 Å². The van der Waals surface area contributed by atoms with Gasteiger partial charge in [-0.2, -0.15) is 0 Å². The van der Waals surface area contributed by atoms with E-state index in [1.807, 2.05) is 30.3 Å². The molecule has 19 heavy (non-hydrogen) atoms. The molecule has 5 heteroatoms. The molecule has 1 heterocycles. The quantitative estimate of drug-likeness (QED) is 0.875. The van der Waals surface area contributed by atoms with Gasteiger partial charge < -0.3 is 9.73 Å². The summed E-state index contributed by atoms with van der Waals surface area (Å²) in [5, 5.41) is 2.85. The van der Waals surface area contributed by atoms with Crippen LogP contribution < -0.4 is 5.32 Å². The normalized spacial score (nSPS) is 12.2. The number of hydrogen-bond donors (Lipinski definition) is 1. The average molecular weight is 279 g/mol. The van der Waals surface area contributed by atoms with Crippen LogP contribution in [0.15, 0.2) is 34.7 Å². The lowest BCUT2D eigenvalue weighted by Crippen LogP contribution is -2.29. The summed E-state index contributed by atoms with van der Waals surface area (Å²) < 4.78 is 5.29. The SMILES string of the molecule is Cc1nc(C)c(C(=O)NC(CCl)c2ccccc2)o1. The van der Waals surface area contributed by atoms with Gasteiger partial charge in [0.25, 0.3) is 5.91 Å². The van der Waals surface area contributed by atoms with Gasteiger partial charge in [-0.15, -0.1) is 11.6 Å². The Labute approximate surface area is 116 Å². The molecule has 2 aromatic rings. The number of halogens is 1. The molecule has 1 atom stereocenters. The first-order chi connectivity index (χ1) is 9.11. The van der Waals surface area contributed by atoms with Crippen molar-refractivity contribution in [2.75, 3.05) is 5.88 Å². The van der Waals surface area contributed by atoms with Gasteiger partial charge in [-0.1, -0.05) is 30.3 Å². The Morgan fingerprint density at radius 2 is 2.05 bits per heavy atom. The number of nitrogens with one attached hydrogen (secondary N) is 1. The van der Waals surface area contributed by atoms with Crippen molar-refractivity contribution in [1.29, 1.82) is 0 Å². The summed E-state index contributed by atoms with van der Waals surface area (Å²) in [6, 6.07) is 9.33. The van der Waals surface area contributed by atoms with E-state index in [9.17, 15) is 4.79 Å². The number of alkyl halides is 1. The Balaban J connectivity index is 2.15. The molecule has 2 rings (SSSR count). The van der Waals surface area contributed by atoms with Crippen molar-refractivity contribution in [2.24, 2.45) is 0 Å². The van der Waals surface area contributed by atoms with Gasteiger partial charge in [0.2, 0.25) is 5.76 Å². The predicted octanol–water partition coefficient (Wildman–Crippen LogP) is 3.00. The number of amides is 1. The third-order valence-electron chi connectivity index (χ3n) is 2.77. The smallest absolute Gasteiger partial charge is 0.289 e. The Kier molecular flexibility index (Phi) is 4.22. The van der Waals surface area contributed by atoms with Gasteiger partial charge in [0.15, 0.2) is 5.89 Å². The van der Waals surface area contributed by atoms with Crippen molar-refractivity contribution in [3.8, 4) is 0 Å². The molecule has 0 aliphatic rings. The monoisotopic (exact) mass is 278 g/mol. The van der Waals surface area contributed by atoms with E-state index in [-0.39, 0.29) is 17.7 Å². The highest BCUT2D eigenvalue weighted by Crippen LogP contribution is 2.16. The molecule has 1 aromatic carbocycles. The Hall–Kier alpha value is -1.81. The summed E-state index contributed by atoms with van der Waals surface area (Å²) in [5.74, 6) is 0.711. The highest BCUT2D eigenvalue weighted by Gasteiger charge is 2.20. The zero-order valence-corrected chi connectivity index (χ0v) is 11.6. The third-order valence-corrected chi connectivity index (χ3v) is 3.08. The molecule has 0 radical (unpaired) electrons. The summed E-state index contributed by atoms with van der Waals surface area (Å²) in [4.78, 5) is 16.2.